The fourth-order valence-electron chi connectivity index (χ4n) is 1.52. The number of carbonyl (C=O) groups is 1. The molecule has 0 saturated heterocycles. The summed E-state index contributed by atoms with van der Waals surface area (Å²) in [7, 11) is 0. The number of amides is 1. The molecule has 0 heterocycles. The molecule has 0 aromatic rings. The van der Waals surface area contributed by atoms with Crippen LogP contribution >= 0.6 is 0 Å². The smallest absolute Gasteiger partial charge is 0.220 e. The summed E-state index contributed by atoms with van der Waals surface area (Å²) in [5.41, 5.74) is 0. The summed E-state index contributed by atoms with van der Waals surface area (Å²) < 4.78 is 0. The largest absolute Gasteiger partial charge is 0.396 e. The third-order valence-electron chi connectivity index (χ3n) is 2.23. The molecule has 0 spiro atoms. The lowest BCUT2D eigenvalue weighted by molar-refractivity contribution is -0.121. The molecule has 0 aromatic heterocycles. The van der Waals surface area contributed by atoms with Crippen molar-refractivity contribution in [1.82, 2.24) is 5.32 Å². The van der Waals surface area contributed by atoms with E-state index < -0.39 is 0 Å². The van der Waals surface area contributed by atoms with Crippen LogP contribution in [0.25, 0.3) is 0 Å². The lowest BCUT2D eigenvalue weighted by Gasteiger charge is -2.11. The van der Waals surface area contributed by atoms with Gasteiger partial charge in [-0.3, -0.25) is 4.79 Å². The highest BCUT2D eigenvalue weighted by atomic mass is 16.3. The highest BCUT2D eigenvalue weighted by Crippen LogP contribution is 2.16. The molecule has 0 fully saturated rings. The van der Waals surface area contributed by atoms with Gasteiger partial charge in [0.05, 0.1) is 0 Å². The maximum Gasteiger partial charge on any atom is 0.220 e. The number of nitrogens with one attached hydrogen (secondary N) is 1. The molecule has 0 bridgehead atoms. The molecule has 2 N–H and O–H groups in total. The van der Waals surface area contributed by atoms with Crippen molar-refractivity contribution >= 4 is 5.91 Å². The van der Waals surface area contributed by atoms with Crippen molar-refractivity contribution in [3.8, 4) is 0 Å². The van der Waals surface area contributed by atoms with Crippen molar-refractivity contribution in [3.63, 3.8) is 0 Å². The summed E-state index contributed by atoms with van der Waals surface area (Å²) >= 11 is 0. The summed E-state index contributed by atoms with van der Waals surface area (Å²) in [5.74, 6) is 0.336. The number of hydrogen-bond donors (Lipinski definition) is 2. The summed E-state index contributed by atoms with van der Waals surface area (Å²) in [6.07, 6.45) is 6.25. The van der Waals surface area contributed by atoms with Crippen molar-refractivity contribution in [1.29, 1.82) is 0 Å². The van der Waals surface area contributed by atoms with Crippen molar-refractivity contribution in [2.75, 3.05) is 6.61 Å². The maximum atomic E-state index is 11.2. The lowest BCUT2D eigenvalue weighted by atomic mass is 10.1. The Bertz CT molecular complexity index is 201. The van der Waals surface area contributed by atoms with Crippen LogP contribution in [0.4, 0.5) is 0 Å². The second kappa shape index (κ2) is 5.02. The van der Waals surface area contributed by atoms with Gasteiger partial charge in [-0.05, 0) is 12.8 Å². The first-order chi connectivity index (χ1) is 6.26. The molecule has 0 saturated carbocycles. The lowest BCUT2D eigenvalue weighted by Crippen LogP contribution is -2.32. The first kappa shape index (κ1) is 10.3. The number of hydrogen-bond acceptors (Lipinski definition) is 2. The molecule has 1 rings (SSSR count). The van der Waals surface area contributed by atoms with E-state index in [0.717, 1.165) is 12.8 Å². The zero-order valence-corrected chi connectivity index (χ0v) is 7.99. The van der Waals surface area contributed by atoms with Gasteiger partial charge >= 0.3 is 0 Å². The zero-order valence-electron chi connectivity index (χ0n) is 7.99. The van der Waals surface area contributed by atoms with Gasteiger partial charge in [-0.25, -0.2) is 0 Å². The number of carbonyl (C=O) groups excluding carboxylic acids is 1. The van der Waals surface area contributed by atoms with Gasteiger partial charge in [0.2, 0.25) is 5.91 Å². The Morgan fingerprint density at radius 3 is 2.92 bits per heavy atom. The molecule has 0 aliphatic heterocycles. The normalized spacial score (nSPS) is 26.3. The molecular weight excluding hydrogens is 166 g/mol. The van der Waals surface area contributed by atoms with E-state index in [1.807, 2.05) is 19.1 Å². The van der Waals surface area contributed by atoms with Crippen LogP contribution in [0.2, 0.25) is 0 Å². The minimum atomic E-state index is 0.107. The van der Waals surface area contributed by atoms with Crippen molar-refractivity contribution in [2.24, 2.45) is 5.92 Å². The van der Waals surface area contributed by atoms with Crippen LogP contribution in [0.15, 0.2) is 12.2 Å². The van der Waals surface area contributed by atoms with Crippen LogP contribution in [-0.4, -0.2) is 23.7 Å². The molecule has 0 unspecified atom stereocenters. The van der Waals surface area contributed by atoms with Crippen molar-refractivity contribution in [2.45, 2.75) is 32.2 Å². The third kappa shape index (κ3) is 3.19. The SMILES string of the molecule is CCCC(=O)N[C@H]1C=C[C@@H](CO)C1. The first-order valence-electron chi connectivity index (χ1n) is 4.84. The molecule has 74 valence electrons. The minimum Gasteiger partial charge on any atom is -0.396 e. The Balaban J connectivity index is 2.25. The second-order valence-corrected chi connectivity index (χ2v) is 3.49. The van der Waals surface area contributed by atoms with Crippen LogP contribution in [0.5, 0.6) is 0 Å². The standard InChI is InChI=1S/C10H17NO2/c1-2-3-10(13)11-9-5-4-8(6-9)7-12/h4-5,8-9,12H,2-3,6-7H2,1H3,(H,11,13)/t8-,9+/m1/s1. The molecule has 3 nitrogen and oxygen atoms in total. The van der Waals surface area contributed by atoms with E-state index >= 15 is 0 Å². The average Bonchev–Trinajstić information content (AvgIpc) is 2.52. The highest BCUT2D eigenvalue weighted by molar-refractivity contribution is 5.76. The summed E-state index contributed by atoms with van der Waals surface area (Å²) in [4.78, 5) is 11.2. The molecule has 2 atom stereocenters. The molecule has 1 amide bonds. The Labute approximate surface area is 78.8 Å². The van der Waals surface area contributed by atoms with Crippen molar-refractivity contribution in [3.05, 3.63) is 12.2 Å². The second-order valence-electron chi connectivity index (χ2n) is 3.49. The van der Waals surface area contributed by atoms with E-state index in [1.165, 1.54) is 0 Å². The molecule has 0 aromatic carbocycles. The summed E-state index contributed by atoms with van der Waals surface area (Å²) in [5, 5.41) is 11.8. The molecule has 13 heavy (non-hydrogen) atoms. The van der Waals surface area contributed by atoms with Gasteiger partial charge in [0, 0.05) is 25.0 Å². The van der Waals surface area contributed by atoms with Gasteiger partial charge in [0.15, 0.2) is 0 Å². The zero-order chi connectivity index (χ0) is 9.68. The fraction of sp³-hybridized carbons (Fsp3) is 0.700. The first-order valence-corrected chi connectivity index (χ1v) is 4.84. The monoisotopic (exact) mass is 183 g/mol. The predicted octanol–water partition coefficient (Wildman–Crippen LogP) is 0.840. The fourth-order valence-corrected chi connectivity index (χ4v) is 1.52. The van der Waals surface area contributed by atoms with Gasteiger partial charge in [-0.1, -0.05) is 19.1 Å². The van der Waals surface area contributed by atoms with Crippen LogP contribution in [0.1, 0.15) is 26.2 Å². The van der Waals surface area contributed by atoms with Crippen LogP contribution < -0.4 is 5.32 Å². The van der Waals surface area contributed by atoms with E-state index in [9.17, 15) is 4.79 Å². The average molecular weight is 183 g/mol. The van der Waals surface area contributed by atoms with E-state index in [-0.39, 0.29) is 24.5 Å². The number of aliphatic hydroxyl groups is 1. The molecule has 0 radical (unpaired) electrons. The Kier molecular flexibility index (Phi) is 3.96. The number of aliphatic hydroxyl groups excluding tert-OH is 1. The van der Waals surface area contributed by atoms with Gasteiger partial charge in [0.1, 0.15) is 0 Å². The van der Waals surface area contributed by atoms with E-state index in [2.05, 4.69) is 5.32 Å². The maximum absolute atomic E-state index is 11.2. The minimum absolute atomic E-state index is 0.107. The van der Waals surface area contributed by atoms with Crippen molar-refractivity contribution < 1.29 is 9.90 Å². The van der Waals surface area contributed by atoms with E-state index in [0.29, 0.717) is 6.42 Å². The van der Waals surface area contributed by atoms with Crippen LogP contribution in [-0.2, 0) is 4.79 Å². The molecule has 1 aliphatic rings. The third-order valence-corrected chi connectivity index (χ3v) is 2.23. The Hall–Kier alpha value is -0.830. The Morgan fingerprint density at radius 1 is 1.62 bits per heavy atom. The predicted molar refractivity (Wildman–Crippen MR) is 51.2 cm³/mol. The van der Waals surface area contributed by atoms with E-state index in [4.69, 9.17) is 5.11 Å². The summed E-state index contributed by atoms with van der Waals surface area (Å²) in [6, 6.07) is 0.135. The highest BCUT2D eigenvalue weighted by Gasteiger charge is 2.18. The van der Waals surface area contributed by atoms with Gasteiger partial charge in [-0.2, -0.15) is 0 Å². The Morgan fingerprint density at radius 2 is 2.38 bits per heavy atom. The number of rotatable bonds is 4. The molecular formula is C10H17NO2. The van der Waals surface area contributed by atoms with E-state index in [1.54, 1.807) is 0 Å². The quantitative estimate of drug-likeness (QED) is 0.634. The molecule has 1 aliphatic carbocycles. The van der Waals surface area contributed by atoms with Gasteiger partial charge in [0.25, 0.3) is 0 Å². The van der Waals surface area contributed by atoms with Gasteiger partial charge < -0.3 is 10.4 Å². The summed E-state index contributed by atoms with van der Waals surface area (Å²) in [6.45, 7) is 2.16. The topological polar surface area (TPSA) is 49.3 Å². The van der Waals surface area contributed by atoms with Gasteiger partial charge in [-0.15, -0.1) is 0 Å². The van der Waals surface area contributed by atoms with Crippen LogP contribution in [0, 0.1) is 5.92 Å². The molecule has 3 heteroatoms. The van der Waals surface area contributed by atoms with Crippen LogP contribution in [0.3, 0.4) is 0 Å².